The molecule has 0 fully saturated rings. The van der Waals surface area contributed by atoms with Crippen LogP contribution in [0.3, 0.4) is 0 Å². The molecule has 1 N–H and O–H groups in total. The van der Waals surface area contributed by atoms with Crippen LogP contribution >= 0.6 is 0 Å². The lowest BCUT2D eigenvalue weighted by atomic mass is 10.0. The fourth-order valence-electron chi connectivity index (χ4n) is 2.86. The van der Waals surface area contributed by atoms with E-state index in [1.807, 2.05) is 30.3 Å². The first kappa shape index (κ1) is 20.7. The second-order valence-corrected chi connectivity index (χ2v) is 6.14. The molecule has 0 bridgehead atoms. The first-order valence-corrected chi connectivity index (χ1v) is 9.03. The van der Waals surface area contributed by atoms with Crippen LogP contribution in [-0.4, -0.2) is 33.2 Å². The molecule has 0 radical (unpaired) electrons. The molecular formula is C23H21NO6. The van der Waals surface area contributed by atoms with E-state index in [2.05, 4.69) is 5.32 Å². The van der Waals surface area contributed by atoms with E-state index in [0.29, 0.717) is 28.4 Å². The quantitative estimate of drug-likeness (QED) is 0.465. The molecule has 0 aliphatic carbocycles. The van der Waals surface area contributed by atoms with Crippen molar-refractivity contribution < 1.29 is 28.2 Å². The summed E-state index contributed by atoms with van der Waals surface area (Å²) in [6.45, 7) is 0. The first-order chi connectivity index (χ1) is 14.6. The Morgan fingerprint density at radius 2 is 1.63 bits per heavy atom. The standard InChI is InChI=1S/C23H21NO6/c1-27-20-13-18(23(26)29-3)19(14-21(20)28-2)24-22(25)17(12-16-10-7-11-30-16)15-8-5-4-6-9-15/h4-14H,1-3H3,(H,24,25)/b17-12+. The van der Waals surface area contributed by atoms with Crippen LogP contribution in [0.2, 0.25) is 0 Å². The van der Waals surface area contributed by atoms with Crippen LogP contribution in [0.25, 0.3) is 11.6 Å². The average Bonchev–Trinajstić information content (AvgIpc) is 3.30. The van der Waals surface area contributed by atoms with Crippen molar-refractivity contribution in [3.63, 3.8) is 0 Å². The summed E-state index contributed by atoms with van der Waals surface area (Å²) in [6.07, 6.45) is 3.15. The van der Waals surface area contributed by atoms with Gasteiger partial charge in [0.2, 0.25) is 0 Å². The minimum absolute atomic E-state index is 0.133. The van der Waals surface area contributed by atoms with E-state index in [9.17, 15) is 9.59 Å². The second kappa shape index (κ2) is 9.47. The minimum atomic E-state index is -0.623. The highest BCUT2D eigenvalue weighted by Crippen LogP contribution is 2.34. The van der Waals surface area contributed by atoms with Crippen LogP contribution in [0.5, 0.6) is 11.5 Å². The van der Waals surface area contributed by atoms with E-state index < -0.39 is 11.9 Å². The van der Waals surface area contributed by atoms with E-state index in [1.165, 1.54) is 39.7 Å². The molecule has 0 aliphatic heterocycles. The van der Waals surface area contributed by atoms with Crippen molar-refractivity contribution in [2.24, 2.45) is 0 Å². The van der Waals surface area contributed by atoms with E-state index in [0.717, 1.165) is 0 Å². The second-order valence-electron chi connectivity index (χ2n) is 6.14. The van der Waals surface area contributed by atoms with Gasteiger partial charge >= 0.3 is 5.97 Å². The number of carbonyl (C=O) groups is 2. The lowest BCUT2D eigenvalue weighted by Crippen LogP contribution is -2.17. The maximum absolute atomic E-state index is 13.2. The van der Waals surface area contributed by atoms with Gasteiger partial charge in [-0.3, -0.25) is 4.79 Å². The fourth-order valence-corrected chi connectivity index (χ4v) is 2.86. The zero-order valence-corrected chi connectivity index (χ0v) is 16.8. The maximum atomic E-state index is 13.2. The summed E-state index contributed by atoms with van der Waals surface area (Å²) >= 11 is 0. The van der Waals surface area contributed by atoms with E-state index in [1.54, 1.807) is 18.2 Å². The summed E-state index contributed by atoms with van der Waals surface area (Å²) in [5.41, 5.74) is 1.40. The third-order valence-electron chi connectivity index (χ3n) is 4.34. The highest BCUT2D eigenvalue weighted by molar-refractivity contribution is 6.29. The van der Waals surface area contributed by atoms with Crippen LogP contribution in [-0.2, 0) is 9.53 Å². The summed E-state index contributed by atoms with van der Waals surface area (Å²) in [7, 11) is 4.18. The van der Waals surface area contributed by atoms with Gasteiger partial charge in [-0.2, -0.15) is 0 Å². The Hall–Kier alpha value is -4.00. The van der Waals surface area contributed by atoms with Crippen LogP contribution < -0.4 is 14.8 Å². The Morgan fingerprint density at radius 3 is 2.23 bits per heavy atom. The van der Waals surface area contributed by atoms with Crippen molar-refractivity contribution >= 4 is 29.2 Å². The van der Waals surface area contributed by atoms with Crippen LogP contribution in [0, 0.1) is 0 Å². The van der Waals surface area contributed by atoms with Crippen molar-refractivity contribution in [2.75, 3.05) is 26.6 Å². The Bertz CT molecular complexity index is 1050. The molecule has 0 saturated heterocycles. The lowest BCUT2D eigenvalue weighted by Gasteiger charge is -2.15. The van der Waals surface area contributed by atoms with Gasteiger partial charge in [-0.1, -0.05) is 30.3 Å². The average molecular weight is 407 g/mol. The molecule has 154 valence electrons. The summed E-state index contributed by atoms with van der Waals surface area (Å²) in [5.74, 6) is 0.157. The topological polar surface area (TPSA) is 87.0 Å². The van der Waals surface area contributed by atoms with Crippen molar-refractivity contribution in [1.82, 2.24) is 0 Å². The molecule has 0 spiro atoms. The molecule has 7 heteroatoms. The summed E-state index contributed by atoms with van der Waals surface area (Å²) < 4.78 is 20.8. The van der Waals surface area contributed by atoms with Gasteiger partial charge in [0.15, 0.2) is 11.5 Å². The number of amides is 1. The number of anilines is 1. The van der Waals surface area contributed by atoms with Crippen LogP contribution in [0.1, 0.15) is 21.7 Å². The molecule has 1 aromatic heterocycles. The normalized spacial score (nSPS) is 11.0. The Kier molecular flexibility index (Phi) is 6.54. The molecule has 1 amide bonds. The Labute approximate surface area is 173 Å². The summed E-state index contributed by atoms with van der Waals surface area (Å²) in [6, 6.07) is 15.6. The van der Waals surface area contributed by atoms with Crippen molar-refractivity contribution in [3.8, 4) is 11.5 Å². The van der Waals surface area contributed by atoms with Gasteiger partial charge in [0, 0.05) is 12.1 Å². The number of ether oxygens (including phenoxy) is 3. The van der Waals surface area contributed by atoms with Gasteiger partial charge in [0.05, 0.1) is 44.4 Å². The zero-order valence-electron chi connectivity index (χ0n) is 16.8. The molecule has 0 saturated carbocycles. The van der Waals surface area contributed by atoms with Crippen LogP contribution in [0.15, 0.2) is 65.3 Å². The molecule has 0 aliphatic rings. The third-order valence-corrected chi connectivity index (χ3v) is 4.34. The number of rotatable bonds is 7. The van der Waals surface area contributed by atoms with Gasteiger partial charge in [0.1, 0.15) is 5.76 Å². The zero-order chi connectivity index (χ0) is 21.5. The molecular weight excluding hydrogens is 386 g/mol. The largest absolute Gasteiger partial charge is 0.493 e. The maximum Gasteiger partial charge on any atom is 0.340 e. The van der Waals surface area contributed by atoms with Gasteiger partial charge in [-0.25, -0.2) is 4.79 Å². The fraction of sp³-hybridized carbons (Fsp3) is 0.130. The number of methoxy groups -OCH3 is 3. The Balaban J connectivity index is 2.04. The highest BCUT2D eigenvalue weighted by Gasteiger charge is 2.21. The predicted octanol–water partition coefficient (Wildman–Crippen LogP) is 4.26. The predicted molar refractivity (Wildman–Crippen MR) is 113 cm³/mol. The monoisotopic (exact) mass is 407 g/mol. The Morgan fingerprint density at radius 1 is 0.933 bits per heavy atom. The molecule has 30 heavy (non-hydrogen) atoms. The number of nitrogens with one attached hydrogen (secondary N) is 1. The number of benzene rings is 2. The number of esters is 1. The lowest BCUT2D eigenvalue weighted by molar-refractivity contribution is -0.111. The number of hydrogen-bond donors (Lipinski definition) is 1. The molecule has 1 heterocycles. The summed E-state index contributed by atoms with van der Waals surface area (Å²) in [5, 5.41) is 2.78. The SMILES string of the molecule is COC(=O)c1cc(OC)c(OC)cc1NC(=O)/C(=C/c1ccco1)c1ccccc1. The molecule has 0 unspecified atom stereocenters. The summed E-state index contributed by atoms with van der Waals surface area (Å²) in [4.78, 5) is 25.5. The molecule has 0 atom stereocenters. The van der Waals surface area contributed by atoms with Crippen LogP contribution in [0.4, 0.5) is 5.69 Å². The molecule has 2 aromatic carbocycles. The number of hydrogen-bond acceptors (Lipinski definition) is 6. The highest BCUT2D eigenvalue weighted by atomic mass is 16.5. The number of furan rings is 1. The minimum Gasteiger partial charge on any atom is -0.493 e. The molecule has 3 aromatic rings. The molecule has 3 rings (SSSR count). The van der Waals surface area contributed by atoms with Gasteiger partial charge in [0.25, 0.3) is 5.91 Å². The van der Waals surface area contributed by atoms with Gasteiger partial charge in [-0.15, -0.1) is 0 Å². The van der Waals surface area contributed by atoms with Crippen molar-refractivity contribution in [1.29, 1.82) is 0 Å². The first-order valence-electron chi connectivity index (χ1n) is 9.03. The van der Waals surface area contributed by atoms with Crippen molar-refractivity contribution in [3.05, 3.63) is 77.7 Å². The van der Waals surface area contributed by atoms with E-state index in [-0.39, 0.29) is 11.3 Å². The van der Waals surface area contributed by atoms with E-state index >= 15 is 0 Å². The third kappa shape index (κ3) is 4.52. The van der Waals surface area contributed by atoms with E-state index in [4.69, 9.17) is 18.6 Å². The molecule has 7 nitrogen and oxygen atoms in total. The number of carbonyl (C=O) groups excluding carboxylic acids is 2. The van der Waals surface area contributed by atoms with Crippen molar-refractivity contribution in [2.45, 2.75) is 0 Å². The smallest absolute Gasteiger partial charge is 0.340 e. The van der Waals surface area contributed by atoms with Gasteiger partial charge in [-0.05, 0) is 23.8 Å². The van der Waals surface area contributed by atoms with Gasteiger partial charge < -0.3 is 23.9 Å².